The van der Waals surface area contributed by atoms with Crippen LogP contribution in [-0.4, -0.2) is 26.2 Å². The van der Waals surface area contributed by atoms with E-state index in [4.69, 9.17) is 21.1 Å². The minimum atomic E-state index is -0.145. The van der Waals surface area contributed by atoms with Gasteiger partial charge < -0.3 is 14.8 Å². The summed E-state index contributed by atoms with van der Waals surface area (Å²) in [5.41, 5.74) is 2.59. The van der Waals surface area contributed by atoms with Crippen LogP contribution in [0.4, 0.5) is 0 Å². The van der Waals surface area contributed by atoms with Crippen molar-refractivity contribution in [1.82, 2.24) is 5.32 Å². The minimum absolute atomic E-state index is 0.145. The molecule has 0 radical (unpaired) electrons. The number of benzene rings is 3. The van der Waals surface area contributed by atoms with Gasteiger partial charge in [-0.2, -0.15) is 0 Å². The van der Waals surface area contributed by atoms with E-state index in [0.717, 1.165) is 16.9 Å². The van der Waals surface area contributed by atoms with Gasteiger partial charge in [0.25, 0.3) is 5.91 Å². The highest BCUT2D eigenvalue weighted by Gasteiger charge is 2.07. The summed E-state index contributed by atoms with van der Waals surface area (Å²) in [4.78, 5) is 12.4. The largest absolute Gasteiger partial charge is 0.497 e. The van der Waals surface area contributed by atoms with E-state index in [1.165, 1.54) is 0 Å². The Bertz CT molecular complexity index is 909. The van der Waals surface area contributed by atoms with Crippen molar-refractivity contribution < 1.29 is 14.3 Å². The summed E-state index contributed by atoms with van der Waals surface area (Å²) in [5, 5.41) is 3.41. The summed E-state index contributed by atoms with van der Waals surface area (Å²) in [6.45, 7) is 0.727. The molecule has 0 unspecified atom stereocenters. The third kappa shape index (κ3) is 5.02. The van der Waals surface area contributed by atoms with Crippen LogP contribution in [-0.2, 0) is 0 Å². The molecule has 0 aromatic heterocycles. The predicted molar refractivity (Wildman–Crippen MR) is 108 cm³/mol. The first-order chi connectivity index (χ1) is 13.2. The number of rotatable bonds is 7. The molecule has 0 aliphatic carbocycles. The fourth-order valence-electron chi connectivity index (χ4n) is 2.61. The Balaban J connectivity index is 1.57. The standard InChI is InChI=1S/C22H20ClNO3/c1-26-19-11-9-16(10-12-19)17-5-4-6-18(15-17)22(25)24-13-14-27-21-8-3-2-7-20(21)23/h2-12,15H,13-14H2,1H3,(H,24,25). The maximum atomic E-state index is 12.4. The first-order valence-corrected chi connectivity index (χ1v) is 8.95. The van der Waals surface area contributed by atoms with E-state index in [-0.39, 0.29) is 5.91 Å². The highest BCUT2D eigenvalue weighted by Crippen LogP contribution is 2.24. The van der Waals surface area contributed by atoms with Gasteiger partial charge in [-0.1, -0.05) is 48.0 Å². The van der Waals surface area contributed by atoms with Gasteiger partial charge in [0.05, 0.1) is 18.7 Å². The molecule has 0 aliphatic rings. The SMILES string of the molecule is COc1ccc(-c2cccc(C(=O)NCCOc3ccccc3Cl)c2)cc1. The van der Waals surface area contributed by atoms with Gasteiger partial charge in [0.2, 0.25) is 0 Å². The van der Waals surface area contributed by atoms with Gasteiger partial charge in [-0.3, -0.25) is 4.79 Å². The molecule has 0 saturated carbocycles. The van der Waals surface area contributed by atoms with E-state index >= 15 is 0 Å². The monoisotopic (exact) mass is 381 g/mol. The van der Waals surface area contributed by atoms with Crippen molar-refractivity contribution in [2.45, 2.75) is 0 Å². The smallest absolute Gasteiger partial charge is 0.251 e. The average molecular weight is 382 g/mol. The number of hydrogen-bond acceptors (Lipinski definition) is 3. The molecule has 138 valence electrons. The maximum absolute atomic E-state index is 12.4. The highest BCUT2D eigenvalue weighted by atomic mass is 35.5. The molecule has 5 heteroatoms. The van der Waals surface area contributed by atoms with Crippen molar-refractivity contribution in [3.63, 3.8) is 0 Å². The molecule has 0 heterocycles. The summed E-state index contributed by atoms with van der Waals surface area (Å²) in [7, 11) is 1.63. The molecule has 1 N–H and O–H groups in total. The second-order valence-electron chi connectivity index (χ2n) is 5.84. The zero-order chi connectivity index (χ0) is 19.1. The zero-order valence-electron chi connectivity index (χ0n) is 14.9. The van der Waals surface area contributed by atoms with Crippen LogP contribution in [0, 0.1) is 0 Å². The van der Waals surface area contributed by atoms with E-state index in [2.05, 4.69) is 5.32 Å². The Kier molecular flexibility index (Phi) is 6.34. The molecule has 3 aromatic carbocycles. The second kappa shape index (κ2) is 9.10. The summed E-state index contributed by atoms with van der Waals surface area (Å²) in [6.07, 6.45) is 0. The van der Waals surface area contributed by atoms with Gasteiger partial charge in [0, 0.05) is 5.56 Å². The molecule has 27 heavy (non-hydrogen) atoms. The molecule has 3 rings (SSSR count). The lowest BCUT2D eigenvalue weighted by Crippen LogP contribution is -2.28. The lowest BCUT2D eigenvalue weighted by atomic mass is 10.0. The number of nitrogens with one attached hydrogen (secondary N) is 1. The van der Waals surface area contributed by atoms with Crippen molar-refractivity contribution in [3.05, 3.63) is 83.4 Å². The topological polar surface area (TPSA) is 47.6 Å². The molecule has 0 spiro atoms. The van der Waals surface area contributed by atoms with Crippen LogP contribution in [0.3, 0.4) is 0 Å². The van der Waals surface area contributed by atoms with Crippen LogP contribution in [0.5, 0.6) is 11.5 Å². The first kappa shape index (κ1) is 18.8. The van der Waals surface area contributed by atoms with Gasteiger partial charge in [-0.05, 0) is 47.5 Å². The molecular weight excluding hydrogens is 362 g/mol. The minimum Gasteiger partial charge on any atom is -0.497 e. The molecule has 0 saturated heterocycles. The number of hydrogen-bond donors (Lipinski definition) is 1. The van der Waals surface area contributed by atoms with Crippen LogP contribution in [0.1, 0.15) is 10.4 Å². The van der Waals surface area contributed by atoms with Crippen LogP contribution < -0.4 is 14.8 Å². The molecule has 3 aromatic rings. The average Bonchev–Trinajstić information content (AvgIpc) is 2.72. The van der Waals surface area contributed by atoms with Crippen LogP contribution in [0.2, 0.25) is 5.02 Å². The van der Waals surface area contributed by atoms with Gasteiger partial charge in [-0.25, -0.2) is 0 Å². The van der Waals surface area contributed by atoms with Crippen molar-refractivity contribution in [3.8, 4) is 22.6 Å². The van der Waals surface area contributed by atoms with E-state index in [1.54, 1.807) is 25.3 Å². The third-order valence-electron chi connectivity index (χ3n) is 4.03. The Labute approximate surface area is 163 Å². The molecule has 0 fully saturated rings. The number of methoxy groups -OCH3 is 1. The number of amides is 1. The lowest BCUT2D eigenvalue weighted by molar-refractivity contribution is 0.0947. The van der Waals surface area contributed by atoms with Crippen molar-refractivity contribution >= 4 is 17.5 Å². The molecule has 0 aliphatic heterocycles. The first-order valence-electron chi connectivity index (χ1n) is 8.57. The van der Waals surface area contributed by atoms with Crippen molar-refractivity contribution in [2.75, 3.05) is 20.3 Å². The van der Waals surface area contributed by atoms with Crippen molar-refractivity contribution in [1.29, 1.82) is 0 Å². The van der Waals surface area contributed by atoms with Crippen molar-refractivity contribution in [2.24, 2.45) is 0 Å². The predicted octanol–water partition coefficient (Wildman–Crippen LogP) is 4.82. The second-order valence-corrected chi connectivity index (χ2v) is 6.25. The maximum Gasteiger partial charge on any atom is 0.251 e. The highest BCUT2D eigenvalue weighted by molar-refractivity contribution is 6.32. The van der Waals surface area contributed by atoms with E-state index in [1.807, 2.05) is 54.6 Å². The molecule has 0 atom stereocenters. The van der Waals surface area contributed by atoms with E-state index in [0.29, 0.717) is 29.5 Å². The number of para-hydroxylation sites is 1. The molecular formula is C22H20ClNO3. The number of halogens is 1. The fourth-order valence-corrected chi connectivity index (χ4v) is 2.80. The van der Waals surface area contributed by atoms with Gasteiger partial charge in [0.15, 0.2) is 0 Å². The van der Waals surface area contributed by atoms with Gasteiger partial charge in [0.1, 0.15) is 18.1 Å². The number of carbonyl (C=O) groups excluding carboxylic acids is 1. The third-order valence-corrected chi connectivity index (χ3v) is 4.34. The molecule has 4 nitrogen and oxygen atoms in total. The molecule has 1 amide bonds. The lowest BCUT2D eigenvalue weighted by Gasteiger charge is -2.10. The number of ether oxygens (including phenoxy) is 2. The summed E-state index contributed by atoms with van der Waals surface area (Å²) >= 11 is 6.04. The summed E-state index contributed by atoms with van der Waals surface area (Å²) in [5.74, 6) is 1.26. The Morgan fingerprint density at radius 1 is 0.963 bits per heavy atom. The van der Waals surface area contributed by atoms with Crippen LogP contribution >= 0.6 is 11.6 Å². The summed E-state index contributed by atoms with van der Waals surface area (Å²) in [6, 6.07) is 22.5. The quantitative estimate of drug-likeness (QED) is 0.596. The number of carbonyl (C=O) groups is 1. The Morgan fingerprint density at radius 3 is 2.48 bits per heavy atom. The molecule has 0 bridgehead atoms. The van der Waals surface area contributed by atoms with Gasteiger partial charge in [-0.15, -0.1) is 0 Å². The summed E-state index contributed by atoms with van der Waals surface area (Å²) < 4.78 is 10.8. The van der Waals surface area contributed by atoms with Gasteiger partial charge >= 0.3 is 0 Å². The van der Waals surface area contributed by atoms with E-state index in [9.17, 15) is 4.79 Å². The van der Waals surface area contributed by atoms with Crippen LogP contribution in [0.15, 0.2) is 72.8 Å². The van der Waals surface area contributed by atoms with Crippen LogP contribution in [0.25, 0.3) is 11.1 Å². The zero-order valence-corrected chi connectivity index (χ0v) is 15.7. The normalized spacial score (nSPS) is 10.3. The Morgan fingerprint density at radius 2 is 1.74 bits per heavy atom. The Hall–Kier alpha value is -2.98. The van der Waals surface area contributed by atoms with E-state index < -0.39 is 0 Å². The fraction of sp³-hybridized carbons (Fsp3) is 0.136.